The van der Waals surface area contributed by atoms with Crippen LogP contribution in [0.2, 0.25) is 5.02 Å². The van der Waals surface area contributed by atoms with Crippen molar-refractivity contribution >= 4 is 44.7 Å². The van der Waals surface area contributed by atoms with Crippen molar-refractivity contribution in [2.45, 2.75) is 32.6 Å². The van der Waals surface area contributed by atoms with Crippen LogP contribution in [0.5, 0.6) is 0 Å². The highest BCUT2D eigenvalue weighted by Crippen LogP contribution is 2.41. The Morgan fingerprint density at radius 2 is 1.81 bits per heavy atom. The van der Waals surface area contributed by atoms with Gasteiger partial charge in [-0.05, 0) is 37.0 Å². The molecule has 0 amide bonds. The smallest absolute Gasteiger partial charge is 0.141 e. The normalized spacial score (nSPS) is 17.0. The van der Waals surface area contributed by atoms with E-state index in [0.717, 1.165) is 55.0 Å². The molecule has 1 aromatic carbocycles. The summed E-state index contributed by atoms with van der Waals surface area (Å²) in [7, 11) is 0. The van der Waals surface area contributed by atoms with Crippen LogP contribution < -0.4 is 9.80 Å². The average Bonchev–Trinajstić information content (AvgIpc) is 3.28. The maximum absolute atomic E-state index is 6.40. The van der Waals surface area contributed by atoms with E-state index in [1.165, 1.54) is 39.9 Å². The molecule has 3 aromatic rings. The van der Waals surface area contributed by atoms with E-state index in [0.29, 0.717) is 0 Å². The Morgan fingerprint density at radius 1 is 1.04 bits per heavy atom. The molecule has 140 valence electrons. The predicted octanol–water partition coefficient (Wildman–Crippen LogP) is 4.72. The first kappa shape index (κ1) is 17.3. The molecule has 0 N–H and O–H groups in total. The summed E-state index contributed by atoms with van der Waals surface area (Å²) in [6.07, 6.45) is 4.53. The van der Waals surface area contributed by atoms with Crippen molar-refractivity contribution in [2.24, 2.45) is 0 Å². The van der Waals surface area contributed by atoms with Gasteiger partial charge in [-0.15, -0.1) is 11.3 Å². The van der Waals surface area contributed by atoms with Gasteiger partial charge in [-0.2, -0.15) is 0 Å². The van der Waals surface area contributed by atoms with Gasteiger partial charge in [0.05, 0.1) is 16.1 Å². The Hall–Kier alpha value is -1.85. The minimum atomic E-state index is 0.833. The monoisotopic (exact) mass is 398 g/mol. The number of halogens is 1. The zero-order valence-corrected chi connectivity index (χ0v) is 17.1. The van der Waals surface area contributed by atoms with Gasteiger partial charge in [-0.1, -0.05) is 30.7 Å². The summed E-state index contributed by atoms with van der Waals surface area (Å²) in [5.41, 5.74) is 2.65. The van der Waals surface area contributed by atoms with Crippen LogP contribution in [-0.2, 0) is 19.3 Å². The number of aromatic nitrogens is 2. The fourth-order valence-corrected chi connectivity index (χ4v) is 5.80. The first-order valence-electron chi connectivity index (χ1n) is 9.80. The van der Waals surface area contributed by atoms with Gasteiger partial charge in [-0.3, -0.25) is 0 Å². The van der Waals surface area contributed by atoms with Gasteiger partial charge in [0.2, 0.25) is 0 Å². The predicted molar refractivity (Wildman–Crippen MR) is 115 cm³/mol. The van der Waals surface area contributed by atoms with Crippen molar-refractivity contribution in [3.05, 3.63) is 45.6 Å². The Bertz CT molecular complexity index is 991. The molecule has 0 atom stereocenters. The Balaban J connectivity index is 1.47. The van der Waals surface area contributed by atoms with Crippen molar-refractivity contribution in [3.8, 4) is 0 Å². The molecule has 1 fully saturated rings. The number of rotatable bonds is 3. The van der Waals surface area contributed by atoms with E-state index in [1.807, 2.05) is 23.5 Å². The molecule has 4 nitrogen and oxygen atoms in total. The van der Waals surface area contributed by atoms with Crippen LogP contribution in [0.1, 0.15) is 29.6 Å². The van der Waals surface area contributed by atoms with Crippen LogP contribution in [-0.4, -0.2) is 36.1 Å². The molecule has 5 rings (SSSR count). The van der Waals surface area contributed by atoms with Crippen LogP contribution in [0.15, 0.2) is 24.3 Å². The lowest BCUT2D eigenvalue weighted by atomic mass is 10.1. The second-order valence-corrected chi connectivity index (χ2v) is 8.77. The topological polar surface area (TPSA) is 32.3 Å². The summed E-state index contributed by atoms with van der Waals surface area (Å²) in [5, 5.41) is 2.16. The van der Waals surface area contributed by atoms with Crippen LogP contribution in [0.4, 0.5) is 11.5 Å². The molecule has 2 aliphatic rings. The summed E-state index contributed by atoms with van der Waals surface area (Å²) in [6, 6.07) is 8.13. The summed E-state index contributed by atoms with van der Waals surface area (Å²) in [4.78, 5) is 17.4. The number of thiophene rings is 1. The molecule has 1 aliphatic carbocycles. The molecule has 0 spiro atoms. The number of fused-ring (bicyclic) bond motifs is 3. The van der Waals surface area contributed by atoms with E-state index in [1.54, 1.807) is 0 Å². The van der Waals surface area contributed by atoms with E-state index in [9.17, 15) is 0 Å². The van der Waals surface area contributed by atoms with Gasteiger partial charge in [-0.25, -0.2) is 9.97 Å². The lowest BCUT2D eigenvalue weighted by molar-refractivity contribution is 0.647. The number of hydrogen-bond donors (Lipinski definition) is 0. The van der Waals surface area contributed by atoms with Crippen molar-refractivity contribution in [3.63, 3.8) is 0 Å². The molecule has 1 aliphatic heterocycles. The second-order valence-electron chi connectivity index (χ2n) is 7.28. The van der Waals surface area contributed by atoms with E-state index in [4.69, 9.17) is 21.6 Å². The van der Waals surface area contributed by atoms with Gasteiger partial charge < -0.3 is 9.80 Å². The van der Waals surface area contributed by atoms with Gasteiger partial charge in [0, 0.05) is 37.5 Å². The third-order valence-electron chi connectivity index (χ3n) is 5.68. The number of aryl methyl sites for hydroxylation is 3. The number of para-hydroxylation sites is 1. The third-order valence-corrected chi connectivity index (χ3v) is 7.19. The minimum Gasteiger partial charge on any atom is -0.367 e. The third kappa shape index (κ3) is 2.97. The summed E-state index contributed by atoms with van der Waals surface area (Å²) < 4.78 is 0. The molecule has 1 saturated heterocycles. The number of nitrogens with zero attached hydrogens (tertiary/aromatic N) is 4. The van der Waals surface area contributed by atoms with Crippen LogP contribution in [0.3, 0.4) is 0 Å². The van der Waals surface area contributed by atoms with Crippen LogP contribution in [0, 0.1) is 0 Å². The number of hydrogen-bond acceptors (Lipinski definition) is 5. The number of benzene rings is 1. The summed E-state index contributed by atoms with van der Waals surface area (Å²) >= 11 is 8.29. The van der Waals surface area contributed by atoms with Crippen LogP contribution in [0.25, 0.3) is 10.2 Å². The molecular weight excluding hydrogens is 376 g/mol. The highest BCUT2D eigenvalue weighted by Gasteiger charge is 2.27. The summed E-state index contributed by atoms with van der Waals surface area (Å²) in [6.45, 7) is 5.99. The lowest BCUT2D eigenvalue weighted by Crippen LogP contribution is -2.47. The van der Waals surface area contributed by atoms with Gasteiger partial charge >= 0.3 is 0 Å². The Morgan fingerprint density at radius 3 is 2.59 bits per heavy atom. The SMILES string of the molecule is CCc1nc(N2CCN(c3ccccc3Cl)CC2)c2c3c(sc2n1)CCC3. The number of piperazine rings is 1. The Kier molecular flexibility index (Phi) is 4.44. The van der Waals surface area contributed by atoms with Crippen LogP contribution >= 0.6 is 22.9 Å². The van der Waals surface area contributed by atoms with E-state index >= 15 is 0 Å². The quantitative estimate of drug-likeness (QED) is 0.638. The highest BCUT2D eigenvalue weighted by molar-refractivity contribution is 7.19. The Labute approximate surface area is 168 Å². The zero-order valence-electron chi connectivity index (χ0n) is 15.5. The molecule has 0 radical (unpaired) electrons. The zero-order chi connectivity index (χ0) is 18.4. The van der Waals surface area contributed by atoms with E-state index in [2.05, 4.69) is 28.9 Å². The molecule has 0 unspecified atom stereocenters. The molecule has 2 aromatic heterocycles. The fourth-order valence-electron chi connectivity index (χ4n) is 4.27. The van der Waals surface area contributed by atoms with Gasteiger partial charge in [0.15, 0.2) is 0 Å². The summed E-state index contributed by atoms with van der Waals surface area (Å²) in [5.74, 6) is 2.13. The van der Waals surface area contributed by atoms with E-state index in [-0.39, 0.29) is 0 Å². The largest absolute Gasteiger partial charge is 0.367 e. The van der Waals surface area contributed by atoms with Crippen molar-refractivity contribution in [2.75, 3.05) is 36.0 Å². The first-order chi connectivity index (χ1) is 13.2. The van der Waals surface area contributed by atoms with E-state index < -0.39 is 0 Å². The van der Waals surface area contributed by atoms with Crippen molar-refractivity contribution in [1.29, 1.82) is 0 Å². The van der Waals surface area contributed by atoms with Crippen molar-refractivity contribution < 1.29 is 0 Å². The molecule has 27 heavy (non-hydrogen) atoms. The van der Waals surface area contributed by atoms with Crippen molar-refractivity contribution in [1.82, 2.24) is 9.97 Å². The standard InChI is InChI=1S/C21H23ClN4S/c1-2-18-23-20(19-14-6-5-9-17(14)27-21(19)24-18)26-12-10-25(11-13-26)16-8-4-3-7-15(16)22/h3-4,7-8H,2,5-6,9-13H2,1H3. The van der Waals surface area contributed by atoms with Gasteiger partial charge in [0.25, 0.3) is 0 Å². The molecular formula is C21H23ClN4S. The maximum atomic E-state index is 6.40. The molecule has 6 heteroatoms. The molecule has 0 bridgehead atoms. The fraction of sp³-hybridized carbons (Fsp3) is 0.429. The highest BCUT2D eigenvalue weighted by atomic mass is 35.5. The first-order valence-corrected chi connectivity index (χ1v) is 11.0. The van der Waals surface area contributed by atoms with Gasteiger partial charge in [0.1, 0.15) is 16.5 Å². The maximum Gasteiger partial charge on any atom is 0.141 e. The number of anilines is 2. The average molecular weight is 399 g/mol. The molecule has 3 heterocycles. The lowest BCUT2D eigenvalue weighted by Gasteiger charge is -2.37. The minimum absolute atomic E-state index is 0.833. The molecule has 0 saturated carbocycles. The second kappa shape index (κ2) is 6.95.